The molecule has 132 heavy (non-hydrogen) atoms. The number of amidine groups is 4. The van der Waals surface area contributed by atoms with E-state index >= 15 is 0 Å². The molecule has 4 aliphatic rings. The minimum Gasteiger partial charge on any atom is -0.346 e. The number of carbonyl (C=O) groups excluding carboxylic acids is 1. The predicted molar refractivity (Wildman–Crippen MR) is 576 cm³/mol. The smallest absolute Gasteiger partial charge is 0.273 e. The normalized spacial score (nSPS) is 15.3. The molecule has 0 radical (unpaired) electrons. The van der Waals surface area contributed by atoms with E-state index in [0.717, 1.165) is 168 Å². The molecular formula is C99H99BrCl8N16OS7. The minimum absolute atomic E-state index is 0.181. The summed E-state index contributed by atoms with van der Waals surface area (Å²) in [5.74, 6) is 17.0. The summed E-state index contributed by atoms with van der Waals surface area (Å²) in [4.78, 5) is 48.7. The zero-order valence-corrected chi connectivity index (χ0v) is 90.3. The number of rotatable bonds is 19. The molecule has 0 spiro atoms. The summed E-state index contributed by atoms with van der Waals surface area (Å²) in [7, 11) is 7.89. The van der Waals surface area contributed by atoms with Crippen LogP contribution in [0.4, 0.5) is 0 Å². The van der Waals surface area contributed by atoms with Crippen LogP contribution >= 0.6 is 191 Å². The van der Waals surface area contributed by atoms with Gasteiger partial charge >= 0.3 is 0 Å². The summed E-state index contributed by atoms with van der Waals surface area (Å²) < 4.78 is 8.57. The van der Waals surface area contributed by atoms with Gasteiger partial charge in [-0.2, -0.15) is 25.4 Å². The van der Waals surface area contributed by atoms with E-state index in [9.17, 15) is 4.79 Å². The number of aromatic nitrogens is 8. The van der Waals surface area contributed by atoms with Crippen molar-refractivity contribution in [2.24, 2.45) is 31.8 Å². The van der Waals surface area contributed by atoms with E-state index in [-0.39, 0.29) is 22.5 Å². The first-order valence-electron chi connectivity index (χ1n) is 42.8. The maximum absolute atomic E-state index is 12.5. The van der Waals surface area contributed by atoms with Crippen LogP contribution in [-0.2, 0) is 17.6 Å². The molecular weight excluding hydrogens is 2020 g/mol. The first-order valence-corrected chi connectivity index (χ1v) is 51.1. The second-order valence-corrected chi connectivity index (χ2v) is 45.1. The number of halogens is 9. The Balaban J connectivity index is 0.000000150. The first-order chi connectivity index (χ1) is 62.3. The summed E-state index contributed by atoms with van der Waals surface area (Å²) in [6, 6.07) is 38.4. The molecule has 17 nitrogen and oxygen atoms in total. The van der Waals surface area contributed by atoms with Gasteiger partial charge in [0.2, 0.25) is 0 Å². The van der Waals surface area contributed by atoms with Gasteiger partial charge in [-0.15, -0.1) is 45.3 Å². The van der Waals surface area contributed by atoms with Gasteiger partial charge in [-0.3, -0.25) is 4.79 Å². The van der Waals surface area contributed by atoms with Gasteiger partial charge in [-0.05, 0) is 244 Å². The third-order valence-electron chi connectivity index (χ3n) is 23.4. The Morgan fingerprint density at radius 3 is 1.05 bits per heavy atom. The topological polar surface area (TPSA) is 151 Å². The van der Waals surface area contributed by atoms with Crippen LogP contribution in [0.15, 0.2) is 151 Å². The highest BCUT2D eigenvalue weighted by molar-refractivity contribution is 9.11. The summed E-state index contributed by atoms with van der Waals surface area (Å²) in [6.07, 6.45) is 9.80. The lowest BCUT2D eigenvalue weighted by molar-refractivity contribution is -0.123. The molecule has 8 aromatic heterocycles. The van der Waals surface area contributed by atoms with Crippen LogP contribution in [0, 0.1) is 49.4 Å². The molecule has 33 heteroatoms. The number of hydrogen-bond donors (Lipinski definition) is 0. The molecule has 12 aromatic rings. The largest absolute Gasteiger partial charge is 0.346 e. The van der Waals surface area contributed by atoms with E-state index in [1.807, 2.05) is 121 Å². The van der Waals surface area contributed by atoms with Crippen LogP contribution in [-0.4, -0.2) is 153 Å². The third kappa shape index (κ3) is 20.8. The Morgan fingerprint density at radius 2 is 0.735 bits per heavy atom. The lowest BCUT2D eigenvalue weighted by Crippen LogP contribution is -2.44. The molecule has 0 bridgehead atoms. The van der Waals surface area contributed by atoms with Gasteiger partial charge in [0.1, 0.15) is 43.3 Å². The van der Waals surface area contributed by atoms with E-state index in [1.165, 1.54) is 4.88 Å². The van der Waals surface area contributed by atoms with Crippen molar-refractivity contribution >= 4 is 241 Å². The van der Waals surface area contributed by atoms with Crippen molar-refractivity contribution in [1.29, 1.82) is 0 Å². The van der Waals surface area contributed by atoms with Crippen molar-refractivity contribution in [1.82, 2.24) is 58.7 Å². The molecule has 0 unspecified atom stereocenters. The summed E-state index contributed by atoms with van der Waals surface area (Å²) in [6.45, 7) is 35.3. The molecule has 0 fully saturated rings. The maximum Gasteiger partial charge on any atom is 0.273 e. The monoisotopic (exact) mass is 2110 g/mol. The number of carbonyl (C=O) groups is 1. The average Bonchev–Trinajstić information content (AvgIpc) is 1.63. The minimum atomic E-state index is -0.718. The van der Waals surface area contributed by atoms with Crippen molar-refractivity contribution < 1.29 is 4.79 Å². The maximum atomic E-state index is 12.5. The molecule has 4 aliphatic heterocycles. The van der Waals surface area contributed by atoms with E-state index in [2.05, 4.69) is 211 Å². The highest BCUT2D eigenvalue weighted by Gasteiger charge is 2.46. The molecule has 0 aliphatic carbocycles. The van der Waals surface area contributed by atoms with Gasteiger partial charge in [0.05, 0.1) is 115 Å². The number of thiocarbonyl (C=S) groups is 3. The van der Waals surface area contributed by atoms with Gasteiger partial charge in [0.25, 0.3) is 5.91 Å². The lowest BCUT2D eigenvalue weighted by atomic mass is 10.0. The molecule has 16 rings (SSSR count). The standard InChI is InChI=1S/C27H28Cl2N4S2.C26H26Cl2N4S2.C25H26Cl2N4OS.C21H19BrCl2N4S2/c1-7-19-23(25-30-26(34)27(4,5)32(25)6)31-33(21-13-11-17(28)15-20(21)29)24(19)22-14-12-18(35-22)10-8-9-16(2)3;1-15(2)8-7-9-18-11-13-21(34-18)23-16(3)22(24-29-25(33)26(4,5)31(24)6)30-32(23)20-12-10-17(27)14-19(20)28;1-6-7-8-9-17-11-13-20(33-17)22-15(2)21(23-28-24(32)25(3,4)30(23)5)29-31(22)19-12-10-16(26)14-18(19)27;1-5-12-17(19-25-20(29)21(2,3)27(19)4)26-28(14-7-6-11(23)10-13(14)24)18(12)15-8-9-16(22)30-15/h11-16H,7,9H2,1-6H3;10-15H,8H2,1-6H3;8-14H,6-7H2,1-5H3;6-10H,5H2,1-4H3/b;;9-8+;. The van der Waals surface area contributed by atoms with Crippen LogP contribution in [0.25, 0.3) is 71.1 Å². The molecule has 4 aromatic carbocycles. The number of benzene rings is 4. The Kier molecular flexibility index (Phi) is 31.9. The lowest BCUT2D eigenvalue weighted by Gasteiger charge is -2.29. The molecule has 686 valence electrons. The number of nitrogens with zero attached hydrogens (tertiary/aromatic N) is 16. The fourth-order valence-corrected chi connectivity index (χ4v) is 21.6. The Hall–Kier alpha value is -8.00. The highest BCUT2D eigenvalue weighted by Crippen LogP contribution is 2.46. The van der Waals surface area contributed by atoms with Gasteiger partial charge in [-0.1, -0.05) is 214 Å². The van der Waals surface area contributed by atoms with Crippen molar-refractivity contribution in [2.45, 2.75) is 178 Å². The molecule has 0 saturated carbocycles. The number of amides is 1. The van der Waals surface area contributed by atoms with Crippen molar-refractivity contribution in [3.05, 3.63) is 231 Å². The molecule has 1 amide bonds. The number of hydrogen-bond acceptors (Lipinski definition) is 16. The summed E-state index contributed by atoms with van der Waals surface area (Å²) in [5, 5.41) is 24.4. The van der Waals surface area contributed by atoms with Gasteiger partial charge in [0, 0.05) is 88.3 Å². The number of likely N-dealkylation sites (N-methyl/N-ethyl adjacent to an activating group) is 4. The van der Waals surface area contributed by atoms with Crippen LogP contribution in [0.1, 0.15) is 189 Å². The fourth-order valence-electron chi connectivity index (χ4n) is 14.6. The number of thiophene rings is 4. The van der Waals surface area contributed by atoms with E-state index < -0.39 is 5.54 Å². The van der Waals surface area contributed by atoms with Crippen LogP contribution < -0.4 is 0 Å². The van der Waals surface area contributed by atoms with E-state index in [4.69, 9.17) is 165 Å². The second-order valence-electron chi connectivity index (χ2n) is 34.8. The van der Waals surface area contributed by atoms with Crippen molar-refractivity contribution in [2.75, 3.05) is 28.2 Å². The van der Waals surface area contributed by atoms with E-state index in [1.54, 1.807) is 75.7 Å². The van der Waals surface area contributed by atoms with E-state index in [0.29, 0.717) is 84.2 Å². The zero-order valence-electron chi connectivity index (χ0n) is 76.9. The summed E-state index contributed by atoms with van der Waals surface area (Å²) >= 11 is 78.0. The average molecular weight is 2120 g/mol. The number of aliphatic imine (C=N–C) groups is 4. The summed E-state index contributed by atoms with van der Waals surface area (Å²) in [5.41, 5.74) is 12.3. The second kappa shape index (κ2) is 41.5. The molecule has 12 heterocycles. The van der Waals surface area contributed by atoms with Gasteiger partial charge < -0.3 is 19.6 Å². The van der Waals surface area contributed by atoms with Crippen molar-refractivity contribution in [3.63, 3.8) is 0 Å². The van der Waals surface area contributed by atoms with Crippen LogP contribution in [0.2, 0.25) is 40.2 Å². The van der Waals surface area contributed by atoms with Gasteiger partial charge in [-0.25, -0.2) is 33.7 Å². The first kappa shape index (κ1) is 101. The Morgan fingerprint density at radius 1 is 0.417 bits per heavy atom. The quantitative estimate of drug-likeness (QED) is 0.0560. The molecule has 0 atom stereocenters. The Bertz CT molecular complexity index is 6850. The van der Waals surface area contributed by atoms with Crippen LogP contribution in [0.5, 0.6) is 0 Å². The van der Waals surface area contributed by atoms with Gasteiger partial charge in [0.15, 0.2) is 23.3 Å². The molecule has 0 N–H and O–H groups in total. The fraction of sp³-hybridized carbons (Fsp3) is 0.333. The third-order valence-corrected chi connectivity index (χ3v) is 32.0. The highest BCUT2D eigenvalue weighted by atomic mass is 79.9. The molecule has 0 saturated heterocycles. The SMILES string of the molecule is CCC/C=C/c1ccc(-c2c(C)c(C3=NC(=O)C(C)(C)N3C)nn2-c2ccc(Cl)cc2Cl)s1.CCc1c(C2=NC(=S)C(C)(C)N2C)nn(-c2ccc(Cl)cc2Cl)c1-c1ccc(Br)s1.CCc1c(C2=NC(=S)C(C)(C)N2C)nn(-c2ccc(Cl)cc2Cl)c1-c1ccc(C#CCC(C)C)s1.Cc1c(C2=NC(=S)C(C)(C)N2C)nn(-c2ccc(Cl)cc2Cl)c1-c1ccc(C#CCC(C)C)s1. The van der Waals surface area contributed by atoms with Crippen molar-refractivity contribution in [3.8, 4) is 88.7 Å². The van der Waals surface area contributed by atoms with Crippen LogP contribution in [0.3, 0.4) is 0 Å². The number of allylic oxidation sites excluding steroid dienone is 1. The zero-order chi connectivity index (χ0) is 96.0. The number of unbranched alkanes of at least 4 members (excludes halogenated alkanes) is 1. The Labute approximate surface area is 854 Å². The predicted octanol–water partition coefficient (Wildman–Crippen LogP) is 29.1.